The average molecular weight is 254 g/mol. The molecule has 0 bridgehead atoms. The third-order valence-electron chi connectivity index (χ3n) is 2.87. The minimum absolute atomic E-state index is 0.151. The van der Waals surface area contributed by atoms with E-state index in [1.807, 2.05) is 6.92 Å². The number of urea groups is 1. The second-order valence-corrected chi connectivity index (χ2v) is 3.92. The van der Waals surface area contributed by atoms with E-state index < -0.39 is 17.9 Å². The van der Waals surface area contributed by atoms with Gasteiger partial charge in [-0.2, -0.15) is 0 Å². The summed E-state index contributed by atoms with van der Waals surface area (Å²) < 4.78 is 5.16. The zero-order valence-electron chi connectivity index (χ0n) is 10.6. The Kier molecular flexibility index (Phi) is 5.46. The van der Waals surface area contributed by atoms with Gasteiger partial charge in [-0.15, -0.1) is 5.92 Å². The van der Waals surface area contributed by atoms with Gasteiger partial charge >= 0.3 is 12.0 Å². The molecule has 100 valence electrons. The fraction of sp³-hybridized carbons (Fsp3) is 0.667. The van der Waals surface area contributed by atoms with E-state index in [1.165, 1.54) is 4.90 Å². The molecule has 2 atom stereocenters. The van der Waals surface area contributed by atoms with Crippen molar-refractivity contribution < 1.29 is 19.4 Å². The number of nitrogens with one attached hydrogen (secondary N) is 1. The molecular weight excluding hydrogens is 236 g/mol. The first-order valence-electron chi connectivity index (χ1n) is 5.86. The van der Waals surface area contributed by atoms with Crippen LogP contribution in [0, 0.1) is 17.8 Å². The SMILES string of the molecule is CC#CCNC(=O)N(CC)C1COCC1C(=O)O. The van der Waals surface area contributed by atoms with Crippen molar-refractivity contribution >= 4 is 12.0 Å². The molecule has 1 aliphatic heterocycles. The number of rotatable bonds is 4. The van der Waals surface area contributed by atoms with Gasteiger partial charge in [-0.3, -0.25) is 4.79 Å². The lowest BCUT2D eigenvalue weighted by Crippen LogP contribution is -2.50. The minimum atomic E-state index is -0.933. The summed E-state index contributed by atoms with van der Waals surface area (Å²) in [6.45, 7) is 4.61. The van der Waals surface area contributed by atoms with E-state index in [4.69, 9.17) is 9.84 Å². The minimum Gasteiger partial charge on any atom is -0.481 e. The fourth-order valence-corrected chi connectivity index (χ4v) is 1.92. The van der Waals surface area contributed by atoms with Gasteiger partial charge in [0.2, 0.25) is 0 Å². The number of ether oxygens (including phenoxy) is 1. The quantitative estimate of drug-likeness (QED) is 0.699. The van der Waals surface area contributed by atoms with Crippen LogP contribution >= 0.6 is 0 Å². The van der Waals surface area contributed by atoms with Gasteiger partial charge in [0.05, 0.1) is 25.8 Å². The molecule has 0 aromatic carbocycles. The Morgan fingerprint density at radius 3 is 2.78 bits per heavy atom. The van der Waals surface area contributed by atoms with Crippen LogP contribution in [0.25, 0.3) is 0 Å². The Bertz CT molecular complexity index is 372. The summed E-state index contributed by atoms with van der Waals surface area (Å²) in [6, 6.07) is -0.718. The first kappa shape index (κ1) is 14.3. The van der Waals surface area contributed by atoms with Crippen LogP contribution in [0.2, 0.25) is 0 Å². The van der Waals surface area contributed by atoms with Gasteiger partial charge in [0.15, 0.2) is 0 Å². The number of carboxylic acid groups (broad SMARTS) is 1. The van der Waals surface area contributed by atoms with Crippen molar-refractivity contribution in [1.29, 1.82) is 0 Å². The van der Waals surface area contributed by atoms with Crippen molar-refractivity contribution in [3.05, 3.63) is 0 Å². The first-order chi connectivity index (χ1) is 8.61. The van der Waals surface area contributed by atoms with Crippen LogP contribution < -0.4 is 5.32 Å². The third-order valence-corrected chi connectivity index (χ3v) is 2.87. The summed E-state index contributed by atoms with van der Waals surface area (Å²) in [7, 11) is 0. The number of amides is 2. The highest BCUT2D eigenvalue weighted by atomic mass is 16.5. The van der Waals surface area contributed by atoms with Gasteiger partial charge < -0.3 is 20.1 Å². The first-order valence-corrected chi connectivity index (χ1v) is 5.86. The summed E-state index contributed by atoms with van der Waals surface area (Å²) in [5, 5.41) is 11.7. The van der Waals surface area contributed by atoms with Crippen molar-refractivity contribution in [1.82, 2.24) is 10.2 Å². The molecule has 1 rings (SSSR count). The molecule has 1 aliphatic rings. The summed E-state index contributed by atoms with van der Waals surface area (Å²) in [5.74, 6) is 3.81. The maximum Gasteiger partial charge on any atom is 0.318 e. The van der Waals surface area contributed by atoms with Crippen LogP contribution in [-0.4, -0.2) is 54.4 Å². The molecule has 2 amide bonds. The summed E-state index contributed by atoms with van der Waals surface area (Å²) in [6.07, 6.45) is 0. The Hall–Kier alpha value is -1.74. The van der Waals surface area contributed by atoms with Gasteiger partial charge in [-0.1, -0.05) is 5.92 Å². The Morgan fingerprint density at radius 2 is 2.22 bits per heavy atom. The normalized spacial score (nSPS) is 21.9. The number of hydrogen-bond acceptors (Lipinski definition) is 3. The maximum absolute atomic E-state index is 11.9. The molecule has 6 heteroatoms. The van der Waals surface area contributed by atoms with Crippen LogP contribution in [0.4, 0.5) is 4.79 Å². The molecule has 2 N–H and O–H groups in total. The van der Waals surface area contributed by atoms with E-state index >= 15 is 0 Å². The largest absolute Gasteiger partial charge is 0.481 e. The summed E-state index contributed by atoms with van der Waals surface area (Å²) >= 11 is 0. The Balaban J connectivity index is 2.66. The van der Waals surface area contributed by atoms with Crippen molar-refractivity contribution in [2.75, 3.05) is 26.3 Å². The highest BCUT2D eigenvalue weighted by molar-refractivity contribution is 5.77. The topological polar surface area (TPSA) is 78.9 Å². The zero-order valence-corrected chi connectivity index (χ0v) is 10.6. The van der Waals surface area contributed by atoms with Crippen molar-refractivity contribution in [3.8, 4) is 11.8 Å². The van der Waals surface area contributed by atoms with Gasteiger partial charge in [-0.25, -0.2) is 4.79 Å². The average Bonchev–Trinajstić information content (AvgIpc) is 2.79. The summed E-state index contributed by atoms with van der Waals surface area (Å²) in [5.41, 5.74) is 0. The van der Waals surface area contributed by atoms with Crippen LogP contribution in [0.1, 0.15) is 13.8 Å². The zero-order chi connectivity index (χ0) is 13.5. The molecule has 18 heavy (non-hydrogen) atoms. The lowest BCUT2D eigenvalue weighted by molar-refractivity contribution is -0.142. The van der Waals surface area contributed by atoms with Crippen molar-refractivity contribution in [3.63, 3.8) is 0 Å². The Morgan fingerprint density at radius 1 is 1.50 bits per heavy atom. The number of aliphatic carboxylic acids is 1. The number of carbonyl (C=O) groups is 2. The Labute approximate surface area is 106 Å². The van der Waals surface area contributed by atoms with E-state index in [1.54, 1.807) is 6.92 Å². The monoisotopic (exact) mass is 254 g/mol. The second kappa shape index (κ2) is 6.87. The van der Waals surface area contributed by atoms with Gasteiger partial charge in [-0.05, 0) is 13.8 Å². The van der Waals surface area contributed by atoms with Gasteiger partial charge in [0, 0.05) is 6.54 Å². The molecular formula is C12H18N2O4. The molecule has 0 radical (unpaired) electrons. The number of carbonyl (C=O) groups excluding carboxylic acids is 1. The molecule has 0 aliphatic carbocycles. The molecule has 0 aromatic rings. The predicted octanol–water partition coefficient (Wildman–Crippen LogP) is 0.141. The van der Waals surface area contributed by atoms with E-state index in [2.05, 4.69) is 17.2 Å². The summed E-state index contributed by atoms with van der Waals surface area (Å²) in [4.78, 5) is 24.4. The standard InChI is InChI=1S/C12H18N2O4/c1-3-5-6-13-12(17)14(4-2)10-8-18-7-9(10)11(15)16/h9-10H,4,6-8H2,1-2H3,(H,13,17)(H,15,16). The molecule has 0 saturated carbocycles. The van der Waals surface area contributed by atoms with Crippen molar-refractivity contribution in [2.24, 2.45) is 5.92 Å². The van der Waals surface area contributed by atoms with Crippen LogP contribution in [0.3, 0.4) is 0 Å². The van der Waals surface area contributed by atoms with Gasteiger partial charge in [0.1, 0.15) is 5.92 Å². The molecule has 1 fully saturated rings. The lowest BCUT2D eigenvalue weighted by Gasteiger charge is -2.29. The molecule has 1 heterocycles. The number of hydrogen-bond donors (Lipinski definition) is 2. The highest BCUT2D eigenvalue weighted by Gasteiger charge is 2.39. The van der Waals surface area contributed by atoms with E-state index in [0.29, 0.717) is 6.54 Å². The van der Waals surface area contributed by atoms with E-state index in [0.717, 1.165) is 0 Å². The van der Waals surface area contributed by atoms with Crippen molar-refractivity contribution in [2.45, 2.75) is 19.9 Å². The molecule has 0 spiro atoms. The maximum atomic E-state index is 11.9. The number of nitrogens with zero attached hydrogens (tertiary/aromatic N) is 1. The predicted molar refractivity (Wildman–Crippen MR) is 65.0 cm³/mol. The lowest BCUT2D eigenvalue weighted by atomic mass is 10.0. The number of likely N-dealkylation sites (N-methyl/N-ethyl adjacent to an activating group) is 1. The smallest absolute Gasteiger partial charge is 0.318 e. The molecule has 1 saturated heterocycles. The molecule has 2 unspecified atom stereocenters. The van der Waals surface area contributed by atoms with E-state index in [-0.39, 0.29) is 25.8 Å². The third kappa shape index (κ3) is 3.37. The second-order valence-electron chi connectivity index (χ2n) is 3.92. The van der Waals surface area contributed by atoms with Crippen LogP contribution in [0.5, 0.6) is 0 Å². The van der Waals surface area contributed by atoms with Crippen LogP contribution in [-0.2, 0) is 9.53 Å². The molecule has 0 aromatic heterocycles. The van der Waals surface area contributed by atoms with E-state index in [9.17, 15) is 9.59 Å². The highest BCUT2D eigenvalue weighted by Crippen LogP contribution is 2.20. The van der Waals surface area contributed by atoms with Gasteiger partial charge in [0.25, 0.3) is 0 Å². The fourth-order valence-electron chi connectivity index (χ4n) is 1.92. The number of carboxylic acids is 1. The van der Waals surface area contributed by atoms with Crippen LogP contribution in [0.15, 0.2) is 0 Å². The molecule has 6 nitrogen and oxygen atoms in total.